The van der Waals surface area contributed by atoms with Gasteiger partial charge >= 0.3 is 0 Å². The highest BCUT2D eigenvalue weighted by Gasteiger charge is 2.19. The number of aromatic nitrogens is 4. The van der Waals surface area contributed by atoms with Gasteiger partial charge in [-0.15, -0.1) is 21.5 Å². The molecule has 30 heavy (non-hydrogen) atoms. The van der Waals surface area contributed by atoms with E-state index in [9.17, 15) is 9.59 Å². The van der Waals surface area contributed by atoms with E-state index in [4.69, 9.17) is 0 Å². The number of thiophene rings is 1. The van der Waals surface area contributed by atoms with Crippen LogP contribution in [0.15, 0.2) is 51.7 Å². The summed E-state index contributed by atoms with van der Waals surface area (Å²) in [4.78, 5) is 25.2. The third-order valence-corrected chi connectivity index (χ3v) is 6.46. The van der Waals surface area contributed by atoms with Crippen molar-refractivity contribution in [2.24, 2.45) is 5.92 Å². The predicted molar refractivity (Wildman–Crippen MR) is 121 cm³/mol. The predicted octanol–water partition coefficient (Wildman–Crippen LogP) is 3.21. The molecule has 9 heteroatoms. The van der Waals surface area contributed by atoms with Crippen molar-refractivity contribution in [3.8, 4) is 0 Å². The number of hydrogen-bond donors (Lipinski definition) is 1. The van der Waals surface area contributed by atoms with Crippen LogP contribution in [0.2, 0.25) is 0 Å². The summed E-state index contributed by atoms with van der Waals surface area (Å²) in [5, 5.41) is 14.0. The van der Waals surface area contributed by atoms with E-state index in [1.54, 1.807) is 4.57 Å². The molecule has 0 radical (unpaired) electrons. The van der Waals surface area contributed by atoms with Gasteiger partial charge in [-0.05, 0) is 29.3 Å². The Kier molecular flexibility index (Phi) is 6.19. The van der Waals surface area contributed by atoms with Crippen LogP contribution in [0.5, 0.6) is 0 Å². The number of benzene rings is 1. The highest BCUT2D eigenvalue weighted by molar-refractivity contribution is 7.99. The average molecular weight is 442 g/mol. The molecule has 1 amide bonds. The molecule has 3 aromatic heterocycles. The molecule has 3 heterocycles. The number of nitrogens with zero attached hydrogens (tertiary/aromatic N) is 4. The molecule has 1 aromatic carbocycles. The van der Waals surface area contributed by atoms with Crippen molar-refractivity contribution in [2.75, 3.05) is 12.3 Å². The third kappa shape index (κ3) is 4.27. The molecule has 1 N–H and O–H groups in total. The van der Waals surface area contributed by atoms with Crippen molar-refractivity contribution in [1.29, 1.82) is 0 Å². The molecule has 0 aliphatic heterocycles. The van der Waals surface area contributed by atoms with Gasteiger partial charge < -0.3 is 5.32 Å². The highest BCUT2D eigenvalue weighted by Crippen LogP contribution is 2.24. The largest absolute Gasteiger partial charge is 0.355 e. The topological polar surface area (TPSA) is 81.3 Å². The Bertz CT molecular complexity index is 1230. The molecule has 4 rings (SSSR count). The van der Waals surface area contributed by atoms with Gasteiger partial charge in [0.2, 0.25) is 11.7 Å². The number of amides is 1. The molecule has 0 saturated heterocycles. The van der Waals surface area contributed by atoms with E-state index >= 15 is 0 Å². The molecule has 156 valence electrons. The smallest absolute Gasteiger partial charge is 0.272 e. The first-order valence-corrected chi connectivity index (χ1v) is 11.7. The van der Waals surface area contributed by atoms with Crippen LogP contribution in [0.1, 0.15) is 19.4 Å². The zero-order valence-electron chi connectivity index (χ0n) is 16.9. The van der Waals surface area contributed by atoms with Crippen LogP contribution in [0, 0.1) is 5.92 Å². The average Bonchev–Trinajstić information content (AvgIpc) is 3.37. The molecule has 0 saturated carbocycles. The minimum absolute atomic E-state index is 0.0381. The quantitative estimate of drug-likeness (QED) is 0.425. The van der Waals surface area contributed by atoms with Crippen LogP contribution in [0.25, 0.3) is 16.0 Å². The number of carbonyl (C=O) groups is 1. The number of carbonyl (C=O) groups excluding carboxylic acids is 1. The van der Waals surface area contributed by atoms with Crippen LogP contribution in [0.4, 0.5) is 0 Å². The van der Waals surface area contributed by atoms with Gasteiger partial charge in [-0.2, -0.15) is 0 Å². The van der Waals surface area contributed by atoms with E-state index in [1.165, 1.54) is 28.7 Å². The first kappa shape index (κ1) is 20.6. The molecule has 7 nitrogen and oxygen atoms in total. The van der Waals surface area contributed by atoms with E-state index < -0.39 is 0 Å². The van der Waals surface area contributed by atoms with Crippen molar-refractivity contribution in [3.63, 3.8) is 0 Å². The van der Waals surface area contributed by atoms with Crippen LogP contribution >= 0.6 is 23.1 Å². The monoisotopic (exact) mass is 441 g/mol. The van der Waals surface area contributed by atoms with Crippen LogP contribution in [-0.4, -0.2) is 37.4 Å². The number of nitrogens with one attached hydrogen (secondary N) is 1. The maximum Gasteiger partial charge on any atom is 0.272 e. The Balaban J connectivity index is 1.50. The lowest BCUT2D eigenvalue weighted by Gasteiger charge is -2.11. The third-order valence-electron chi connectivity index (χ3n) is 4.64. The lowest BCUT2D eigenvalue weighted by Crippen LogP contribution is -2.27. The summed E-state index contributed by atoms with van der Waals surface area (Å²) in [7, 11) is 0. The Morgan fingerprint density at radius 2 is 2.00 bits per heavy atom. The number of thioether (sulfide) groups is 1. The fraction of sp³-hybridized carbons (Fsp3) is 0.333. The standard InChI is InChI=1S/C21H23N5O2S2/c1-14(2)12-25-19(28)18-16(9-11-29-18)26-20(25)23-24-21(26)30-13-17(27)22-10-8-15-6-4-3-5-7-15/h3-7,9,11,14H,8,10,12-13H2,1-2H3,(H,22,27). The molecular weight excluding hydrogens is 418 g/mol. The molecule has 4 aromatic rings. The van der Waals surface area contributed by atoms with Crippen molar-refractivity contribution in [1.82, 2.24) is 24.5 Å². The van der Waals surface area contributed by atoms with Crippen molar-refractivity contribution in [3.05, 3.63) is 57.7 Å². The van der Waals surface area contributed by atoms with Crippen molar-refractivity contribution in [2.45, 2.75) is 32.0 Å². The summed E-state index contributed by atoms with van der Waals surface area (Å²) >= 11 is 2.75. The first-order chi connectivity index (χ1) is 14.5. The van der Waals surface area contributed by atoms with E-state index in [0.717, 1.165) is 11.9 Å². The summed E-state index contributed by atoms with van der Waals surface area (Å²) in [6.45, 7) is 5.28. The van der Waals surface area contributed by atoms with Crippen LogP contribution in [0.3, 0.4) is 0 Å². The second-order valence-corrected chi connectivity index (χ2v) is 9.30. The number of fused-ring (bicyclic) bond motifs is 3. The first-order valence-electron chi connectivity index (χ1n) is 9.83. The molecule has 0 aliphatic rings. The van der Waals surface area contributed by atoms with Gasteiger partial charge in [0, 0.05) is 13.1 Å². The summed E-state index contributed by atoms with van der Waals surface area (Å²) in [6.07, 6.45) is 0.794. The molecule has 0 spiro atoms. The van der Waals surface area contributed by atoms with Gasteiger partial charge in [0.05, 0.1) is 11.3 Å². The maximum atomic E-state index is 12.9. The summed E-state index contributed by atoms with van der Waals surface area (Å²) in [5.74, 6) is 1.01. The van der Waals surface area contributed by atoms with E-state index in [1.807, 2.05) is 46.2 Å². The number of rotatable bonds is 8. The van der Waals surface area contributed by atoms with Gasteiger partial charge in [0.15, 0.2) is 5.16 Å². The minimum atomic E-state index is -0.0512. The Hall–Kier alpha value is -2.65. The molecule has 0 bridgehead atoms. The van der Waals surface area contributed by atoms with Crippen molar-refractivity contribution < 1.29 is 4.79 Å². The van der Waals surface area contributed by atoms with Crippen molar-refractivity contribution >= 4 is 45.0 Å². The molecule has 0 unspecified atom stereocenters. The highest BCUT2D eigenvalue weighted by atomic mass is 32.2. The lowest BCUT2D eigenvalue weighted by atomic mass is 10.1. The summed E-state index contributed by atoms with van der Waals surface area (Å²) in [6, 6.07) is 12.0. The molecule has 0 aliphatic carbocycles. The van der Waals surface area contributed by atoms with Gasteiger partial charge in [0.25, 0.3) is 5.56 Å². The zero-order chi connectivity index (χ0) is 21.1. The molecule has 0 atom stereocenters. The second-order valence-electron chi connectivity index (χ2n) is 7.44. The SMILES string of the molecule is CC(C)Cn1c(=O)c2sccc2n2c(SCC(=O)NCCc3ccccc3)nnc12. The Morgan fingerprint density at radius 3 is 2.77 bits per heavy atom. The van der Waals surface area contributed by atoms with Gasteiger partial charge in [-0.1, -0.05) is 55.9 Å². The summed E-state index contributed by atoms with van der Waals surface area (Å²) < 4.78 is 4.25. The van der Waals surface area contributed by atoms with Gasteiger partial charge in [0.1, 0.15) is 4.70 Å². The lowest BCUT2D eigenvalue weighted by molar-refractivity contribution is -0.118. The normalized spacial score (nSPS) is 11.6. The Morgan fingerprint density at radius 1 is 1.20 bits per heavy atom. The van der Waals surface area contributed by atoms with E-state index in [-0.39, 0.29) is 17.2 Å². The molecule has 0 fully saturated rings. The molecular formula is C21H23N5O2S2. The zero-order valence-corrected chi connectivity index (χ0v) is 18.5. The van der Waals surface area contributed by atoms with Gasteiger partial charge in [-0.25, -0.2) is 0 Å². The second kappa shape index (κ2) is 9.01. The summed E-state index contributed by atoms with van der Waals surface area (Å²) in [5.41, 5.74) is 1.94. The van der Waals surface area contributed by atoms with Crippen LogP contribution < -0.4 is 10.9 Å². The fourth-order valence-electron chi connectivity index (χ4n) is 3.30. The van der Waals surface area contributed by atoms with E-state index in [2.05, 4.69) is 29.4 Å². The van der Waals surface area contributed by atoms with Crippen LogP contribution in [-0.2, 0) is 17.8 Å². The van der Waals surface area contributed by atoms with Gasteiger partial charge in [-0.3, -0.25) is 18.6 Å². The minimum Gasteiger partial charge on any atom is -0.355 e. The maximum absolute atomic E-state index is 12.9. The fourth-order valence-corrected chi connectivity index (χ4v) is 4.89. The van der Waals surface area contributed by atoms with E-state index in [0.29, 0.717) is 34.6 Å². The number of hydrogen-bond acceptors (Lipinski definition) is 6. The Labute approximate surface area is 182 Å².